The summed E-state index contributed by atoms with van der Waals surface area (Å²) in [7, 11) is -3.57. The molecule has 2 aromatic rings. The second kappa shape index (κ2) is 11.4. The van der Waals surface area contributed by atoms with E-state index in [1.54, 1.807) is 13.0 Å². The number of ketones is 1. The average molecular weight is 449 g/mol. The van der Waals surface area contributed by atoms with Crippen molar-refractivity contribution in [3.05, 3.63) is 58.7 Å². The monoisotopic (exact) mass is 448 g/mol. The maximum atomic E-state index is 14.3. The van der Waals surface area contributed by atoms with Gasteiger partial charge >= 0.3 is 0 Å². The highest BCUT2D eigenvalue weighted by molar-refractivity contribution is 7.92. The molecule has 0 amide bonds. The molecule has 1 heterocycles. The lowest BCUT2D eigenvalue weighted by Crippen LogP contribution is -2.13. The van der Waals surface area contributed by atoms with E-state index in [4.69, 9.17) is 0 Å². The van der Waals surface area contributed by atoms with Crippen LogP contribution in [0.3, 0.4) is 0 Å². The van der Waals surface area contributed by atoms with E-state index in [2.05, 4.69) is 22.7 Å². The molecule has 1 N–H and O–H groups in total. The number of benzene rings is 1. The van der Waals surface area contributed by atoms with Crippen molar-refractivity contribution in [2.24, 2.45) is 0 Å². The SMILES string of the molecule is CCCCCCc1nc(C)ccc1CCC(=O)C(C)c1ccc(NS(C)(=O)=O)c(F)c1. The second-order valence-electron chi connectivity index (χ2n) is 8.17. The van der Waals surface area contributed by atoms with E-state index in [1.165, 1.54) is 31.4 Å². The molecule has 31 heavy (non-hydrogen) atoms. The van der Waals surface area contributed by atoms with Gasteiger partial charge in [-0.25, -0.2) is 12.8 Å². The summed E-state index contributed by atoms with van der Waals surface area (Å²) in [5.41, 5.74) is 3.56. The molecule has 5 nitrogen and oxygen atoms in total. The molecule has 0 spiro atoms. The summed E-state index contributed by atoms with van der Waals surface area (Å²) in [6.45, 7) is 5.91. The third-order valence-electron chi connectivity index (χ3n) is 5.39. The number of aryl methyl sites for hydroxylation is 3. The van der Waals surface area contributed by atoms with Crippen LogP contribution in [0.2, 0.25) is 0 Å². The van der Waals surface area contributed by atoms with Crippen molar-refractivity contribution < 1.29 is 17.6 Å². The summed E-state index contributed by atoms with van der Waals surface area (Å²) in [5.74, 6) is -1.16. The summed E-state index contributed by atoms with van der Waals surface area (Å²) in [4.78, 5) is 17.5. The molecule has 0 saturated carbocycles. The number of nitrogens with one attached hydrogen (secondary N) is 1. The minimum Gasteiger partial charge on any atom is -0.299 e. The molecule has 1 unspecified atom stereocenters. The zero-order chi connectivity index (χ0) is 23.0. The quantitative estimate of drug-likeness (QED) is 0.445. The second-order valence-corrected chi connectivity index (χ2v) is 9.92. The minimum absolute atomic E-state index is 0.0146. The Morgan fingerprint density at radius 1 is 1.13 bits per heavy atom. The molecular weight excluding hydrogens is 415 g/mol. The Morgan fingerprint density at radius 3 is 2.52 bits per heavy atom. The molecule has 2 rings (SSSR count). The molecule has 170 valence electrons. The minimum atomic E-state index is -3.57. The van der Waals surface area contributed by atoms with Crippen molar-refractivity contribution in [2.45, 2.75) is 71.6 Å². The topological polar surface area (TPSA) is 76.1 Å². The number of carbonyl (C=O) groups is 1. The molecule has 0 bridgehead atoms. The van der Waals surface area contributed by atoms with Crippen LogP contribution in [0.1, 0.15) is 74.4 Å². The molecule has 0 aliphatic carbocycles. The fraction of sp³-hybridized carbons (Fsp3) is 0.500. The molecule has 0 aliphatic rings. The lowest BCUT2D eigenvalue weighted by Gasteiger charge is -2.14. The molecule has 1 aromatic heterocycles. The zero-order valence-electron chi connectivity index (χ0n) is 18.9. The van der Waals surface area contributed by atoms with Crippen molar-refractivity contribution >= 4 is 21.5 Å². The van der Waals surface area contributed by atoms with Gasteiger partial charge in [-0.15, -0.1) is 0 Å². The molecule has 7 heteroatoms. The molecule has 0 saturated heterocycles. The Hall–Kier alpha value is -2.28. The fourth-order valence-electron chi connectivity index (χ4n) is 3.55. The van der Waals surface area contributed by atoms with E-state index in [0.717, 1.165) is 36.0 Å². The first-order valence-electron chi connectivity index (χ1n) is 10.9. The number of hydrogen-bond acceptors (Lipinski definition) is 4. The van der Waals surface area contributed by atoms with Crippen LogP contribution in [-0.2, 0) is 27.7 Å². The number of halogens is 1. The number of nitrogens with zero attached hydrogens (tertiary/aromatic N) is 1. The number of Topliss-reactive ketones (excluding diaryl/α,β-unsaturated/α-hetero) is 1. The van der Waals surface area contributed by atoms with Crippen molar-refractivity contribution in [1.82, 2.24) is 4.98 Å². The van der Waals surface area contributed by atoms with Gasteiger partial charge in [0.15, 0.2) is 0 Å². The van der Waals surface area contributed by atoms with Crippen molar-refractivity contribution in [3.8, 4) is 0 Å². The third-order valence-corrected chi connectivity index (χ3v) is 5.98. The Kier molecular flexibility index (Phi) is 9.16. The van der Waals surface area contributed by atoms with Gasteiger partial charge in [0.1, 0.15) is 11.6 Å². The predicted octanol–water partition coefficient (Wildman–Crippen LogP) is 5.33. The summed E-state index contributed by atoms with van der Waals surface area (Å²) >= 11 is 0. The van der Waals surface area contributed by atoms with Crippen LogP contribution >= 0.6 is 0 Å². The first kappa shape index (κ1) is 25.0. The standard InChI is InChI=1S/C24H33FN2O3S/c1-5-6-7-8-9-22-19(11-10-17(2)26-22)13-15-24(28)18(3)20-12-14-23(21(25)16-20)27-31(4,29)30/h10-12,14,16,18,27H,5-9,13,15H2,1-4H3. The zero-order valence-corrected chi connectivity index (χ0v) is 19.7. The van der Waals surface area contributed by atoms with Gasteiger partial charge < -0.3 is 0 Å². The Labute approximate surface area is 185 Å². The highest BCUT2D eigenvalue weighted by atomic mass is 32.2. The number of carbonyl (C=O) groups excluding carboxylic acids is 1. The first-order valence-corrected chi connectivity index (χ1v) is 12.7. The van der Waals surface area contributed by atoms with Gasteiger partial charge in [0.05, 0.1) is 11.9 Å². The van der Waals surface area contributed by atoms with E-state index in [-0.39, 0.29) is 11.5 Å². The van der Waals surface area contributed by atoms with Crippen molar-refractivity contribution in [1.29, 1.82) is 0 Å². The molecule has 0 fully saturated rings. The van der Waals surface area contributed by atoms with E-state index in [1.807, 2.05) is 13.0 Å². The molecule has 0 radical (unpaired) electrons. The number of anilines is 1. The van der Waals surface area contributed by atoms with Crippen LogP contribution in [-0.4, -0.2) is 25.4 Å². The molecule has 1 aromatic carbocycles. The number of rotatable bonds is 12. The van der Waals surface area contributed by atoms with E-state index >= 15 is 0 Å². The van der Waals surface area contributed by atoms with Gasteiger partial charge in [-0.3, -0.25) is 14.5 Å². The summed E-state index contributed by atoms with van der Waals surface area (Å²) in [6, 6.07) is 8.20. The summed E-state index contributed by atoms with van der Waals surface area (Å²) in [5, 5.41) is 0. The predicted molar refractivity (Wildman–Crippen MR) is 123 cm³/mol. The lowest BCUT2D eigenvalue weighted by atomic mass is 9.92. The Morgan fingerprint density at radius 2 is 1.87 bits per heavy atom. The van der Waals surface area contributed by atoms with Crippen LogP contribution in [0.25, 0.3) is 0 Å². The number of hydrogen-bond donors (Lipinski definition) is 1. The number of sulfonamides is 1. The number of unbranched alkanes of at least 4 members (excludes halogenated alkanes) is 3. The van der Waals surface area contributed by atoms with Crippen LogP contribution in [0, 0.1) is 12.7 Å². The smallest absolute Gasteiger partial charge is 0.229 e. The van der Waals surface area contributed by atoms with E-state index in [0.29, 0.717) is 18.4 Å². The molecular formula is C24H33FN2O3S. The van der Waals surface area contributed by atoms with Crippen LogP contribution in [0.15, 0.2) is 30.3 Å². The molecule has 0 aliphatic heterocycles. The van der Waals surface area contributed by atoms with Gasteiger partial charge in [-0.05, 0) is 55.5 Å². The van der Waals surface area contributed by atoms with Gasteiger partial charge in [-0.2, -0.15) is 0 Å². The van der Waals surface area contributed by atoms with E-state index in [9.17, 15) is 17.6 Å². The average Bonchev–Trinajstić information content (AvgIpc) is 2.70. The van der Waals surface area contributed by atoms with Crippen LogP contribution < -0.4 is 4.72 Å². The normalized spacial score (nSPS) is 12.5. The largest absolute Gasteiger partial charge is 0.299 e. The lowest BCUT2D eigenvalue weighted by molar-refractivity contribution is -0.120. The fourth-order valence-corrected chi connectivity index (χ4v) is 4.11. The third kappa shape index (κ3) is 8.05. The van der Waals surface area contributed by atoms with Gasteiger partial charge in [0.2, 0.25) is 10.0 Å². The summed E-state index contributed by atoms with van der Waals surface area (Å²) in [6.07, 6.45) is 7.50. The van der Waals surface area contributed by atoms with E-state index < -0.39 is 21.8 Å². The molecule has 1 atom stereocenters. The van der Waals surface area contributed by atoms with Crippen molar-refractivity contribution in [3.63, 3.8) is 0 Å². The van der Waals surface area contributed by atoms with Crippen molar-refractivity contribution in [2.75, 3.05) is 11.0 Å². The highest BCUT2D eigenvalue weighted by Crippen LogP contribution is 2.25. The Bertz CT molecular complexity index is 1010. The van der Waals surface area contributed by atoms with Gasteiger partial charge in [0.25, 0.3) is 0 Å². The maximum Gasteiger partial charge on any atom is 0.229 e. The van der Waals surface area contributed by atoms with Gasteiger partial charge in [0, 0.05) is 23.7 Å². The van der Waals surface area contributed by atoms with Gasteiger partial charge in [-0.1, -0.05) is 45.2 Å². The first-order chi connectivity index (χ1) is 14.6. The highest BCUT2D eigenvalue weighted by Gasteiger charge is 2.18. The van der Waals surface area contributed by atoms with Crippen LogP contribution in [0.4, 0.5) is 10.1 Å². The number of aromatic nitrogens is 1. The van der Waals surface area contributed by atoms with Crippen LogP contribution in [0.5, 0.6) is 0 Å². The number of pyridine rings is 1. The summed E-state index contributed by atoms with van der Waals surface area (Å²) < 4.78 is 39.0. The maximum absolute atomic E-state index is 14.3. The Balaban J connectivity index is 2.03.